The van der Waals surface area contributed by atoms with Gasteiger partial charge in [0, 0.05) is 60.5 Å². The molecule has 0 atom stereocenters. The van der Waals surface area contributed by atoms with E-state index in [4.69, 9.17) is 14.2 Å². The van der Waals surface area contributed by atoms with Crippen LogP contribution < -0.4 is 9.47 Å². The van der Waals surface area contributed by atoms with Gasteiger partial charge in [-0.2, -0.15) is 0 Å². The van der Waals surface area contributed by atoms with Gasteiger partial charge in [0.15, 0.2) is 23.1 Å². The molecule has 1 aliphatic heterocycles. The third-order valence-electron chi connectivity index (χ3n) is 8.99. The second-order valence-electron chi connectivity index (χ2n) is 14.0. The van der Waals surface area contributed by atoms with Crippen molar-refractivity contribution in [2.75, 3.05) is 26.9 Å². The maximum Gasteiger partial charge on any atom is 0.165 e. The first-order valence-electron chi connectivity index (χ1n) is 15.9. The molecule has 0 aromatic heterocycles. The van der Waals surface area contributed by atoms with Gasteiger partial charge in [0.2, 0.25) is 0 Å². The molecule has 7 heteroatoms. The molecule has 0 radical (unpaired) electrons. The Morgan fingerprint density at radius 3 is 2.07 bits per heavy atom. The molecule has 2 aliphatic carbocycles. The molecule has 6 nitrogen and oxygen atoms in total. The van der Waals surface area contributed by atoms with Gasteiger partial charge < -0.3 is 19.1 Å². The average molecular weight is 616 g/mol. The second kappa shape index (κ2) is 13.0. The van der Waals surface area contributed by atoms with E-state index in [9.17, 15) is 14.0 Å². The fourth-order valence-electron chi connectivity index (χ4n) is 7.15. The molecule has 2 aromatic carbocycles. The maximum absolute atomic E-state index is 14.2. The fraction of sp³-hybridized carbons (Fsp3) is 0.474. The van der Waals surface area contributed by atoms with Crippen molar-refractivity contribution in [1.29, 1.82) is 0 Å². The number of nitrogens with zero attached hydrogens (tertiary/aromatic N) is 1. The maximum atomic E-state index is 14.2. The Balaban J connectivity index is 1.70. The number of Topliss-reactive ketones (excluding diaryl/α,β-unsaturated/α-hetero) is 2. The van der Waals surface area contributed by atoms with E-state index in [1.807, 2.05) is 19.1 Å². The summed E-state index contributed by atoms with van der Waals surface area (Å²) in [5, 5.41) is 0. The number of rotatable bonds is 11. The number of methoxy groups -OCH3 is 1. The molecule has 0 bridgehead atoms. The molecule has 1 heterocycles. The summed E-state index contributed by atoms with van der Waals surface area (Å²) < 4.78 is 31.6. The third kappa shape index (κ3) is 6.79. The lowest BCUT2D eigenvalue weighted by atomic mass is 9.63. The minimum absolute atomic E-state index is 0.0812. The van der Waals surface area contributed by atoms with E-state index < -0.39 is 5.92 Å². The highest BCUT2D eigenvalue weighted by molar-refractivity contribution is 6.06. The third-order valence-corrected chi connectivity index (χ3v) is 8.99. The Bertz CT molecular complexity index is 1490. The standard InChI is InChI=1S/C38H46FNO5/c1-8-10-25-17-26(18-32(44-9-2)36(25)45-23-24-11-13-27(39)14-12-24)33-34-28(19-37(3,4)21-30(34)41)40(15-16-43-7)29-20-38(5,6)22-31(42)35(29)33/h8,11-14,17-18,33H,1,9-10,15-16,19-23H2,2-7H3. The largest absolute Gasteiger partial charge is 0.490 e. The van der Waals surface area contributed by atoms with E-state index in [0.29, 0.717) is 61.7 Å². The van der Waals surface area contributed by atoms with Gasteiger partial charge >= 0.3 is 0 Å². The predicted octanol–water partition coefficient (Wildman–Crippen LogP) is 7.86. The van der Waals surface area contributed by atoms with Crippen LogP contribution in [-0.4, -0.2) is 43.3 Å². The highest BCUT2D eigenvalue weighted by atomic mass is 19.1. The molecule has 45 heavy (non-hydrogen) atoms. The van der Waals surface area contributed by atoms with E-state index in [1.54, 1.807) is 19.2 Å². The molecule has 2 aromatic rings. The van der Waals surface area contributed by atoms with Crippen molar-refractivity contribution in [2.24, 2.45) is 10.8 Å². The molecule has 0 fully saturated rings. The zero-order valence-corrected chi connectivity index (χ0v) is 27.6. The van der Waals surface area contributed by atoms with E-state index in [0.717, 1.165) is 40.9 Å². The van der Waals surface area contributed by atoms with Crippen LogP contribution in [0.3, 0.4) is 0 Å². The molecule has 0 saturated carbocycles. The van der Waals surface area contributed by atoms with Crippen molar-refractivity contribution in [3.05, 3.63) is 94.1 Å². The Labute approximate surface area is 266 Å². The fourth-order valence-corrected chi connectivity index (χ4v) is 7.15. The highest BCUT2D eigenvalue weighted by Gasteiger charge is 2.49. The van der Waals surface area contributed by atoms with E-state index in [1.165, 1.54) is 12.1 Å². The zero-order chi connectivity index (χ0) is 32.5. The second-order valence-corrected chi connectivity index (χ2v) is 14.0. The summed E-state index contributed by atoms with van der Waals surface area (Å²) >= 11 is 0. The van der Waals surface area contributed by atoms with Crippen LogP contribution >= 0.6 is 0 Å². The number of ether oxygens (including phenoxy) is 3. The van der Waals surface area contributed by atoms with Crippen LogP contribution in [0.15, 0.2) is 71.6 Å². The summed E-state index contributed by atoms with van der Waals surface area (Å²) in [6.45, 7) is 16.2. The Kier molecular flexibility index (Phi) is 9.41. The summed E-state index contributed by atoms with van der Waals surface area (Å²) in [6.07, 6.45) is 4.61. The number of carbonyl (C=O) groups excluding carboxylic acids is 2. The van der Waals surface area contributed by atoms with Crippen molar-refractivity contribution < 1.29 is 28.2 Å². The summed E-state index contributed by atoms with van der Waals surface area (Å²) in [6, 6.07) is 10.2. The van der Waals surface area contributed by atoms with Crippen molar-refractivity contribution in [1.82, 2.24) is 4.90 Å². The van der Waals surface area contributed by atoms with Crippen molar-refractivity contribution in [3.63, 3.8) is 0 Å². The molecule has 240 valence electrons. The molecule has 3 aliphatic rings. The van der Waals surface area contributed by atoms with Crippen molar-refractivity contribution in [3.8, 4) is 11.5 Å². The van der Waals surface area contributed by atoms with Crippen LogP contribution in [0.25, 0.3) is 0 Å². The van der Waals surface area contributed by atoms with Crippen LogP contribution in [0.2, 0.25) is 0 Å². The number of benzene rings is 2. The van der Waals surface area contributed by atoms with Gasteiger partial charge in [-0.15, -0.1) is 6.58 Å². The molecule has 5 rings (SSSR count). The molecule has 0 spiro atoms. The quantitative estimate of drug-likeness (QED) is 0.240. The average Bonchev–Trinajstić information content (AvgIpc) is 2.95. The minimum atomic E-state index is -0.505. The lowest BCUT2D eigenvalue weighted by Gasteiger charge is -2.49. The summed E-state index contributed by atoms with van der Waals surface area (Å²) in [5.74, 6) is 0.484. The first kappa shape index (κ1) is 32.7. The van der Waals surface area contributed by atoms with Crippen molar-refractivity contribution in [2.45, 2.75) is 79.2 Å². The van der Waals surface area contributed by atoms with Crippen LogP contribution in [-0.2, 0) is 27.4 Å². The number of hydrogen-bond donors (Lipinski definition) is 0. The topological polar surface area (TPSA) is 65.1 Å². The van der Waals surface area contributed by atoms with Gasteiger partial charge in [0.1, 0.15) is 12.4 Å². The van der Waals surface area contributed by atoms with Crippen LogP contribution in [0.1, 0.15) is 82.9 Å². The summed E-state index contributed by atoms with van der Waals surface area (Å²) in [7, 11) is 1.68. The van der Waals surface area contributed by atoms with Crippen molar-refractivity contribution >= 4 is 11.6 Å². The highest BCUT2D eigenvalue weighted by Crippen LogP contribution is 2.55. The Hall–Kier alpha value is -3.71. The lowest BCUT2D eigenvalue weighted by molar-refractivity contribution is -0.119. The van der Waals surface area contributed by atoms with Gasteiger partial charge in [-0.1, -0.05) is 52.0 Å². The molecule has 0 unspecified atom stereocenters. The molecule has 0 saturated heterocycles. The first-order chi connectivity index (χ1) is 21.4. The Morgan fingerprint density at radius 1 is 0.933 bits per heavy atom. The van der Waals surface area contributed by atoms with Gasteiger partial charge in [0.25, 0.3) is 0 Å². The first-order valence-corrected chi connectivity index (χ1v) is 15.9. The van der Waals surface area contributed by atoms with Crippen LogP contribution in [0.4, 0.5) is 4.39 Å². The Morgan fingerprint density at radius 2 is 1.53 bits per heavy atom. The van der Waals surface area contributed by atoms with Gasteiger partial charge in [0.05, 0.1) is 13.2 Å². The smallest absolute Gasteiger partial charge is 0.165 e. The number of hydrogen-bond acceptors (Lipinski definition) is 6. The lowest BCUT2D eigenvalue weighted by Crippen LogP contribution is -2.45. The number of allylic oxidation sites excluding steroid dienone is 5. The molecular formula is C38H46FNO5. The number of ketones is 2. The van der Waals surface area contributed by atoms with Gasteiger partial charge in [-0.25, -0.2) is 4.39 Å². The predicted molar refractivity (Wildman–Crippen MR) is 174 cm³/mol. The zero-order valence-electron chi connectivity index (χ0n) is 27.6. The monoisotopic (exact) mass is 615 g/mol. The van der Waals surface area contributed by atoms with E-state index in [2.05, 4.69) is 45.2 Å². The van der Waals surface area contributed by atoms with E-state index in [-0.39, 0.29) is 34.8 Å². The van der Waals surface area contributed by atoms with Gasteiger partial charge in [-0.3, -0.25) is 9.59 Å². The summed E-state index contributed by atoms with van der Waals surface area (Å²) in [4.78, 5) is 30.6. The van der Waals surface area contributed by atoms with Crippen LogP contribution in [0.5, 0.6) is 11.5 Å². The molecule has 0 N–H and O–H groups in total. The normalized spacial score (nSPS) is 19.4. The minimum Gasteiger partial charge on any atom is -0.490 e. The number of carbonyl (C=O) groups is 2. The molecule has 0 amide bonds. The molecular weight excluding hydrogens is 569 g/mol. The van der Waals surface area contributed by atoms with Crippen LogP contribution in [0, 0.1) is 16.6 Å². The van der Waals surface area contributed by atoms with Gasteiger partial charge in [-0.05, 0) is 66.3 Å². The summed E-state index contributed by atoms with van der Waals surface area (Å²) in [5.41, 5.74) is 5.54. The van der Waals surface area contributed by atoms with E-state index >= 15 is 0 Å². The number of halogens is 1. The SMILES string of the molecule is C=CCc1cc(C2C3=C(CC(C)(C)CC3=O)N(CCOC)C3=C2C(=O)CC(C)(C)C3)cc(OCC)c1OCc1ccc(F)cc1.